The summed E-state index contributed by atoms with van der Waals surface area (Å²) < 4.78 is 30.7. The van der Waals surface area contributed by atoms with Crippen LogP contribution < -0.4 is 0 Å². The molecule has 1 aliphatic heterocycles. The first-order valence-corrected chi connectivity index (χ1v) is 9.59. The highest BCUT2D eigenvalue weighted by Gasteiger charge is 2.30. The molecule has 0 radical (unpaired) electrons. The number of hydrogen-bond acceptors (Lipinski definition) is 6. The zero-order valence-corrected chi connectivity index (χ0v) is 13.7. The summed E-state index contributed by atoms with van der Waals surface area (Å²) in [6, 6.07) is 2.01. The van der Waals surface area contributed by atoms with Gasteiger partial charge in [0.15, 0.2) is 0 Å². The van der Waals surface area contributed by atoms with Crippen LogP contribution in [0.2, 0.25) is 0 Å². The van der Waals surface area contributed by atoms with Gasteiger partial charge in [0.05, 0.1) is 31.1 Å². The predicted octanol–water partition coefficient (Wildman–Crippen LogP) is 1.27. The van der Waals surface area contributed by atoms with E-state index in [2.05, 4.69) is 15.1 Å². The Kier molecular flexibility index (Phi) is 3.46. The Labute approximate surface area is 134 Å². The maximum Gasteiger partial charge on any atom is 0.247 e. The molecule has 0 bridgehead atoms. The summed E-state index contributed by atoms with van der Waals surface area (Å²) in [4.78, 5) is 8.10. The van der Waals surface area contributed by atoms with Gasteiger partial charge >= 0.3 is 0 Å². The van der Waals surface area contributed by atoms with Crippen LogP contribution in [0.1, 0.15) is 24.6 Å². The molecular formula is C15H18N4O3S. The molecule has 0 aromatic carbocycles. The zero-order valence-electron chi connectivity index (χ0n) is 12.8. The molecule has 0 unspecified atom stereocenters. The summed E-state index contributed by atoms with van der Waals surface area (Å²) in [5.74, 6) is 0.696. The zero-order chi connectivity index (χ0) is 16.0. The van der Waals surface area contributed by atoms with Crippen LogP contribution in [-0.4, -0.2) is 47.6 Å². The second kappa shape index (κ2) is 5.38. The largest absolute Gasteiger partial charge is 0.377 e. The lowest BCUT2D eigenvalue weighted by Crippen LogP contribution is -2.32. The van der Waals surface area contributed by atoms with Crippen LogP contribution in [0.15, 0.2) is 23.6 Å². The highest BCUT2D eigenvalue weighted by Crippen LogP contribution is 2.37. The molecule has 2 aromatic heterocycles. The number of hydrogen-bond donors (Lipinski definition) is 0. The van der Waals surface area contributed by atoms with Gasteiger partial charge in [0.25, 0.3) is 0 Å². The van der Waals surface area contributed by atoms with Crippen LogP contribution in [-0.2, 0) is 21.0 Å². The minimum absolute atomic E-state index is 0.146. The van der Waals surface area contributed by atoms with Crippen LogP contribution >= 0.6 is 0 Å². The average Bonchev–Trinajstić information content (AvgIpc) is 3.18. The van der Waals surface area contributed by atoms with Gasteiger partial charge in [-0.15, -0.1) is 0 Å². The minimum atomic E-state index is -3.43. The Morgan fingerprint density at radius 2 is 2.13 bits per heavy atom. The van der Waals surface area contributed by atoms with Crippen molar-refractivity contribution in [2.24, 2.45) is 5.92 Å². The van der Waals surface area contributed by atoms with E-state index in [1.165, 1.54) is 19.0 Å². The molecule has 8 heteroatoms. The van der Waals surface area contributed by atoms with Gasteiger partial charge in [0.2, 0.25) is 15.0 Å². The molecule has 1 saturated carbocycles. The molecule has 23 heavy (non-hydrogen) atoms. The SMILES string of the molecule is CS(=O)(=O)c1nccc(-c2cnn(C3COC3)c2CC2CC2)n1. The predicted molar refractivity (Wildman–Crippen MR) is 82.6 cm³/mol. The molecule has 4 rings (SSSR count). The lowest BCUT2D eigenvalue weighted by Gasteiger charge is -2.28. The summed E-state index contributed by atoms with van der Waals surface area (Å²) in [7, 11) is -3.43. The molecule has 2 aromatic rings. The number of nitrogens with zero attached hydrogens (tertiary/aromatic N) is 4. The van der Waals surface area contributed by atoms with E-state index in [1.807, 2.05) is 4.68 Å². The maximum atomic E-state index is 11.7. The summed E-state index contributed by atoms with van der Waals surface area (Å²) in [6.45, 7) is 1.36. The molecule has 0 amide bonds. The van der Waals surface area contributed by atoms with Gasteiger partial charge in [-0.3, -0.25) is 4.68 Å². The molecule has 2 aliphatic rings. The second-order valence-electron chi connectivity index (χ2n) is 6.28. The second-order valence-corrected chi connectivity index (χ2v) is 8.19. The number of aromatic nitrogens is 4. The number of rotatable bonds is 5. The third-order valence-electron chi connectivity index (χ3n) is 4.29. The van der Waals surface area contributed by atoms with E-state index in [0.717, 1.165) is 23.9 Å². The molecule has 2 fully saturated rings. The van der Waals surface area contributed by atoms with Crippen LogP contribution in [0.4, 0.5) is 0 Å². The molecule has 1 aliphatic carbocycles. The first kappa shape index (κ1) is 14.8. The fraction of sp³-hybridized carbons (Fsp3) is 0.533. The van der Waals surface area contributed by atoms with Crippen LogP contribution in [0.3, 0.4) is 0 Å². The Morgan fingerprint density at radius 3 is 2.74 bits per heavy atom. The van der Waals surface area contributed by atoms with Crippen LogP contribution in [0.5, 0.6) is 0 Å². The van der Waals surface area contributed by atoms with E-state index in [4.69, 9.17) is 4.74 Å². The Balaban J connectivity index is 1.77. The van der Waals surface area contributed by atoms with Gasteiger partial charge < -0.3 is 4.74 Å². The van der Waals surface area contributed by atoms with Gasteiger partial charge in [0, 0.05) is 23.7 Å². The molecule has 122 valence electrons. The van der Waals surface area contributed by atoms with Crippen molar-refractivity contribution in [2.45, 2.75) is 30.5 Å². The molecule has 7 nitrogen and oxygen atoms in total. The highest BCUT2D eigenvalue weighted by atomic mass is 32.2. The topological polar surface area (TPSA) is 87.0 Å². The van der Waals surface area contributed by atoms with Crippen molar-refractivity contribution in [3.8, 4) is 11.3 Å². The summed E-state index contributed by atoms with van der Waals surface area (Å²) in [5.41, 5.74) is 2.64. The van der Waals surface area contributed by atoms with Crippen molar-refractivity contribution in [3.05, 3.63) is 24.2 Å². The van der Waals surface area contributed by atoms with E-state index < -0.39 is 9.84 Å². The minimum Gasteiger partial charge on any atom is -0.377 e. The van der Waals surface area contributed by atoms with Gasteiger partial charge in [-0.25, -0.2) is 18.4 Å². The van der Waals surface area contributed by atoms with Crippen molar-refractivity contribution in [3.63, 3.8) is 0 Å². The fourth-order valence-corrected chi connectivity index (χ4v) is 3.27. The first-order chi connectivity index (χ1) is 11.0. The van der Waals surface area contributed by atoms with Crippen LogP contribution in [0, 0.1) is 5.92 Å². The van der Waals surface area contributed by atoms with E-state index in [-0.39, 0.29) is 11.2 Å². The smallest absolute Gasteiger partial charge is 0.247 e. The Hall–Kier alpha value is -1.80. The molecule has 0 spiro atoms. The van der Waals surface area contributed by atoms with Crippen molar-refractivity contribution < 1.29 is 13.2 Å². The van der Waals surface area contributed by atoms with E-state index in [0.29, 0.717) is 24.8 Å². The Morgan fingerprint density at radius 1 is 1.35 bits per heavy atom. The summed E-state index contributed by atoms with van der Waals surface area (Å²) in [5, 5.41) is 4.37. The maximum absolute atomic E-state index is 11.7. The van der Waals surface area contributed by atoms with Crippen molar-refractivity contribution in [1.82, 2.24) is 19.7 Å². The molecule has 0 N–H and O–H groups in total. The van der Waals surface area contributed by atoms with E-state index in [9.17, 15) is 8.42 Å². The third-order valence-corrected chi connectivity index (χ3v) is 5.15. The third kappa shape index (κ3) is 2.88. The highest BCUT2D eigenvalue weighted by molar-refractivity contribution is 7.90. The normalized spacial score (nSPS) is 18.8. The van der Waals surface area contributed by atoms with Crippen molar-refractivity contribution in [1.29, 1.82) is 0 Å². The monoisotopic (exact) mass is 334 g/mol. The van der Waals surface area contributed by atoms with Crippen LogP contribution in [0.25, 0.3) is 11.3 Å². The molecule has 3 heterocycles. The van der Waals surface area contributed by atoms with Crippen molar-refractivity contribution in [2.75, 3.05) is 19.5 Å². The van der Waals surface area contributed by atoms with Gasteiger partial charge in [-0.05, 0) is 31.2 Å². The average molecular weight is 334 g/mol. The number of sulfone groups is 1. The lowest BCUT2D eigenvalue weighted by molar-refractivity contribution is -0.0298. The van der Waals surface area contributed by atoms with Gasteiger partial charge in [0.1, 0.15) is 0 Å². The molecule has 1 saturated heterocycles. The Bertz CT molecular complexity index is 838. The number of ether oxygens (including phenoxy) is 1. The first-order valence-electron chi connectivity index (χ1n) is 7.70. The summed E-state index contributed by atoms with van der Waals surface area (Å²) >= 11 is 0. The molecular weight excluding hydrogens is 316 g/mol. The fourth-order valence-electron chi connectivity index (χ4n) is 2.75. The molecule has 0 atom stereocenters. The lowest BCUT2D eigenvalue weighted by atomic mass is 10.1. The van der Waals surface area contributed by atoms with Gasteiger partial charge in [-0.1, -0.05) is 0 Å². The quantitative estimate of drug-likeness (QED) is 0.765. The van der Waals surface area contributed by atoms with Crippen molar-refractivity contribution >= 4 is 9.84 Å². The summed E-state index contributed by atoms with van der Waals surface area (Å²) in [6.07, 6.45) is 7.82. The van der Waals surface area contributed by atoms with E-state index >= 15 is 0 Å². The standard InChI is InChI=1S/C15H18N4O3S/c1-23(20,21)15-16-5-4-13(18-15)12-7-17-19(11-8-22-9-11)14(12)6-10-2-3-10/h4-5,7,10-11H,2-3,6,8-9H2,1H3. The van der Waals surface area contributed by atoms with Gasteiger partial charge in [-0.2, -0.15) is 5.10 Å². The van der Waals surface area contributed by atoms with E-state index in [1.54, 1.807) is 12.3 Å².